The Morgan fingerprint density at radius 3 is 2.26 bits per heavy atom. The van der Waals surface area contributed by atoms with Crippen molar-refractivity contribution in [3.8, 4) is 11.1 Å². The quantitative estimate of drug-likeness (QED) is 0.379. The van der Waals surface area contributed by atoms with E-state index in [4.69, 9.17) is 19.7 Å². The van der Waals surface area contributed by atoms with Crippen LogP contribution in [0.3, 0.4) is 0 Å². The van der Waals surface area contributed by atoms with Crippen molar-refractivity contribution in [2.45, 2.75) is 38.3 Å². The summed E-state index contributed by atoms with van der Waals surface area (Å²) >= 11 is 0. The first-order valence-electron chi connectivity index (χ1n) is 14.1. The van der Waals surface area contributed by atoms with Gasteiger partial charge in [-0.2, -0.15) is 0 Å². The lowest BCUT2D eigenvalue weighted by Gasteiger charge is -2.39. The fraction of sp³-hybridized carbons (Fsp3) is 0.452. The smallest absolute Gasteiger partial charge is 0.225 e. The van der Waals surface area contributed by atoms with E-state index in [0.29, 0.717) is 13.2 Å². The van der Waals surface area contributed by atoms with Crippen LogP contribution in [-0.2, 0) is 11.3 Å². The summed E-state index contributed by atoms with van der Waals surface area (Å²) < 4.78 is 8.26. The normalized spacial score (nSPS) is 21.6. The van der Waals surface area contributed by atoms with Crippen molar-refractivity contribution in [1.82, 2.24) is 24.4 Å². The zero-order valence-corrected chi connectivity index (χ0v) is 22.2. The maximum atomic E-state index is 5.91. The minimum Gasteiger partial charge on any atom is -0.371 e. The molecule has 5 heterocycles. The van der Waals surface area contributed by atoms with Gasteiger partial charge >= 0.3 is 0 Å². The summed E-state index contributed by atoms with van der Waals surface area (Å²) in [7, 11) is 2.25. The molecule has 4 aromatic rings. The van der Waals surface area contributed by atoms with Crippen LogP contribution in [0.25, 0.3) is 22.2 Å². The van der Waals surface area contributed by atoms with Crippen LogP contribution in [0.2, 0.25) is 0 Å². The molecular formula is C31H36N6O. The molecule has 0 unspecified atom stereocenters. The van der Waals surface area contributed by atoms with Gasteiger partial charge in [-0.25, -0.2) is 15.0 Å². The summed E-state index contributed by atoms with van der Waals surface area (Å²) in [6.45, 7) is 5.83. The minimum absolute atomic E-state index is 0.122. The molecule has 0 aliphatic carbocycles. The molecule has 0 amide bonds. The third-order valence-corrected chi connectivity index (χ3v) is 8.99. The number of piperidine rings is 2. The molecule has 2 fully saturated rings. The third kappa shape index (κ3) is 4.48. The lowest BCUT2D eigenvalue weighted by Crippen LogP contribution is -2.40. The van der Waals surface area contributed by atoms with Crippen molar-refractivity contribution in [2.75, 3.05) is 44.7 Å². The van der Waals surface area contributed by atoms with Crippen LogP contribution in [0.4, 0.5) is 5.95 Å². The second-order valence-corrected chi connectivity index (χ2v) is 11.3. The number of fused-ring (bicyclic) bond motifs is 3. The van der Waals surface area contributed by atoms with Gasteiger partial charge in [0.15, 0.2) is 0 Å². The molecule has 0 bridgehead atoms. The highest BCUT2D eigenvalue weighted by Crippen LogP contribution is 2.34. The van der Waals surface area contributed by atoms with Gasteiger partial charge in [-0.1, -0.05) is 36.4 Å². The largest absolute Gasteiger partial charge is 0.371 e. The van der Waals surface area contributed by atoms with Crippen LogP contribution in [0.1, 0.15) is 43.1 Å². The molecule has 2 saturated heterocycles. The molecule has 3 aliphatic rings. The number of hydrogen-bond acceptors (Lipinski definition) is 6. The molecule has 7 nitrogen and oxygen atoms in total. The molecule has 38 heavy (non-hydrogen) atoms. The Morgan fingerprint density at radius 2 is 1.53 bits per heavy atom. The van der Waals surface area contributed by atoms with E-state index in [1.165, 1.54) is 44.3 Å². The van der Waals surface area contributed by atoms with E-state index in [2.05, 4.69) is 69.9 Å². The molecule has 1 atom stereocenters. The number of hydrogen-bond donors (Lipinski definition) is 0. The van der Waals surface area contributed by atoms with E-state index in [9.17, 15) is 0 Å². The van der Waals surface area contributed by atoms with E-state index >= 15 is 0 Å². The summed E-state index contributed by atoms with van der Waals surface area (Å²) in [6, 6.07) is 17.2. The van der Waals surface area contributed by atoms with Crippen molar-refractivity contribution in [3.05, 3.63) is 72.3 Å². The summed E-state index contributed by atoms with van der Waals surface area (Å²) in [4.78, 5) is 19.3. The zero-order chi connectivity index (χ0) is 25.5. The summed E-state index contributed by atoms with van der Waals surface area (Å²) in [5.74, 6) is 3.60. The topological polar surface area (TPSA) is 59.3 Å². The molecule has 2 aromatic heterocycles. The highest BCUT2D eigenvalue weighted by Gasteiger charge is 2.30. The summed E-state index contributed by atoms with van der Waals surface area (Å²) in [5, 5.41) is 0. The predicted molar refractivity (Wildman–Crippen MR) is 150 cm³/mol. The van der Waals surface area contributed by atoms with Crippen molar-refractivity contribution in [1.29, 1.82) is 0 Å². The van der Waals surface area contributed by atoms with E-state index in [-0.39, 0.29) is 6.04 Å². The van der Waals surface area contributed by atoms with E-state index in [1.54, 1.807) is 0 Å². The minimum atomic E-state index is 0.122. The van der Waals surface area contributed by atoms with Gasteiger partial charge in [-0.3, -0.25) is 0 Å². The molecule has 2 aromatic carbocycles. The van der Waals surface area contributed by atoms with Crippen LogP contribution in [0.5, 0.6) is 0 Å². The Morgan fingerprint density at radius 1 is 0.816 bits per heavy atom. The number of ether oxygens (including phenoxy) is 1. The van der Waals surface area contributed by atoms with Crippen LogP contribution >= 0.6 is 0 Å². The molecule has 0 radical (unpaired) electrons. The molecule has 7 rings (SSSR count). The number of rotatable bonds is 4. The number of likely N-dealkylation sites (tertiary alicyclic amines) is 1. The predicted octanol–water partition coefficient (Wildman–Crippen LogP) is 5.17. The first-order chi connectivity index (χ1) is 18.7. The lowest BCUT2D eigenvalue weighted by molar-refractivity contribution is 0.0679. The van der Waals surface area contributed by atoms with Gasteiger partial charge in [0.1, 0.15) is 12.4 Å². The van der Waals surface area contributed by atoms with Crippen LogP contribution in [0.15, 0.2) is 60.9 Å². The zero-order valence-electron chi connectivity index (χ0n) is 22.2. The molecule has 3 aliphatic heterocycles. The van der Waals surface area contributed by atoms with Crippen LogP contribution in [-0.4, -0.2) is 64.3 Å². The van der Waals surface area contributed by atoms with Crippen molar-refractivity contribution in [2.24, 2.45) is 11.8 Å². The average molecular weight is 509 g/mol. The van der Waals surface area contributed by atoms with Gasteiger partial charge in [0.05, 0.1) is 23.7 Å². The first-order valence-corrected chi connectivity index (χ1v) is 14.1. The Bertz CT molecular complexity index is 1390. The lowest BCUT2D eigenvalue weighted by atomic mass is 9.79. The number of anilines is 1. The standard InChI is InChI=1S/C31H36N6O/c1-35-13-9-22(10-14-35)23-11-15-36(16-12-23)31-32-18-26(19-33-31)25-7-8-27-28(17-25)37-29(20-38-21-30(37)34-27)24-5-3-2-4-6-24/h2-8,17-19,22-23,29H,9-16,20-21H2,1H3/t29-/m1/s1. The fourth-order valence-corrected chi connectivity index (χ4v) is 6.73. The Kier molecular flexibility index (Phi) is 6.34. The van der Waals surface area contributed by atoms with Crippen LogP contribution in [0, 0.1) is 11.8 Å². The van der Waals surface area contributed by atoms with Gasteiger partial charge in [0.25, 0.3) is 0 Å². The van der Waals surface area contributed by atoms with Gasteiger partial charge in [-0.15, -0.1) is 0 Å². The van der Waals surface area contributed by atoms with Crippen molar-refractivity contribution < 1.29 is 4.74 Å². The van der Waals surface area contributed by atoms with Gasteiger partial charge in [0, 0.05) is 31.0 Å². The van der Waals surface area contributed by atoms with Gasteiger partial charge in [-0.05, 0) is 80.9 Å². The Labute approximate surface area is 224 Å². The summed E-state index contributed by atoms with van der Waals surface area (Å²) in [5.41, 5.74) is 5.53. The Hall–Kier alpha value is -3.29. The number of imidazole rings is 1. The number of nitrogens with zero attached hydrogens (tertiary/aromatic N) is 6. The molecule has 0 N–H and O–H groups in total. The molecular weight excluding hydrogens is 472 g/mol. The number of benzene rings is 2. The SMILES string of the molecule is CN1CCC(C2CCN(c3ncc(-c4ccc5nc6n(c5c4)[C@@H](c4ccccc4)COC6)cn3)CC2)CC1. The molecule has 0 spiro atoms. The highest BCUT2D eigenvalue weighted by atomic mass is 16.5. The molecule has 196 valence electrons. The van der Waals surface area contributed by atoms with E-state index < -0.39 is 0 Å². The van der Waals surface area contributed by atoms with Crippen molar-refractivity contribution >= 4 is 17.0 Å². The Balaban J connectivity index is 1.09. The highest BCUT2D eigenvalue weighted by molar-refractivity contribution is 5.83. The average Bonchev–Trinajstić information content (AvgIpc) is 3.36. The fourth-order valence-electron chi connectivity index (χ4n) is 6.73. The monoisotopic (exact) mass is 508 g/mol. The number of aromatic nitrogens is 4. The van der Waals surface area contributed by atoms with Crippen molar-refractivity contribution in [3.63, 3.8) is 0 Å². The maximum Gasteiger partial charge on any atom is 0.225 e. The molecule has 7 heteroatoms. The third-order valence-electron chi connectivity index (χ3n) is 8.99. The first kappa shape index (κ1) is 23.8. The van der Waals surface area contributed by atoms with E-state index in [0.717, 1.165) is 58.9 Å². The second-order valence-electron chi connectivity index (χ2n) is 11.3. The summed E-state index contributed by atoms with van der Waals surface area (Å²) in [6.07, 6.45) is 9.20. The molecule has 0 saturated carbocycles. The van der Waals surface area contributed by atoms with Crippen LogP contribution < -0.4 is 4.90 Å². The maximum absolute atomic E-state index is 5.91. The second kappa shape index (κ2) is 10.1. The van der Waals surface area contributed by atoms with E-state index in [1.807, 2.05) is 12.4 Å². The van der Waals surface area contributed by atoms with Gasteiger partial charge in [0.2, 0.25) is 5.95 Å². The van der Waals surface area contributed by atoms with Gasteiger partial charge < -0.3 is 19.1 Å².